The van der Waals surface area contributed by atoms with Gasteiger partial charge in [-0.05, 0) is 48.7 Å². The van der Waals surface area contributed by atoms with E-state index >= 15 is 0 Å². The Morgan fingerprint density at radius 2 is 2.05 bits per heavy atom. The number of carbonyl (C=O) groups is 1. The van der Waals surface area contributed by atoms with Gasteiger partial charge in [0.1, 0.15) is 5.82 Å². The van der Waals surface area contributed by atoms with Crippen molar-refractivity contribution in [1.82, 2.24) is 5.32 Å². The predicted molar refractivity (Wildman–Crippen MR) is 83.3 cm³/mol. The number of hydrogen-bond donors (Lipinski definition) is 2. The molecule has 21 heavy (non-hydrogen) atoms. The number of anilines is 1. The number of hydrogen-bond acceptors (Lipinski definition) is 1. The fourth-order valence-corrected chi connectivity index (χ4v) is 2.12. The van der Waals surface area contributed by atoms with Crippen molar-refractivity contribution in [1.29, 1.82) is 0 Å². The first-order valence-electron chi connectivity index (χ1n) is 6.60. The number of nitrogens with one attached hydrogen (secondary N) is 2. The van der Waals surface area contributed by atoms with E-state index in [0.717, 1.165) is 11.1 Å². The van der Waals surface area contributed by atoms with E-state index in [0.29, 0.717) is 23.7 Å². The Morgan fingerprint density at radius 3 is 2.81 bits per heavy atom. The summed E-state index contributed by atoms with van der Waals surface area (Å²) in [7, 11) is 0. The van der Waals surface area contributed by atoms with Crippen molar-refractivity contribution in [2.75, 3.05) is 11.9 Å². The third-order valence-electron chi connectivity index (χ3n) is 3.04. The zero-order chi connectivity index (χ0) is 15.2. The van der Waals surface area contributed by atoms with E-state index in [2.05, 4.69) is 10.6 Å². The molecule has 0 aliphatic carbocycles. The molecule has 2 aromatic rings. The van der Waals surface area contributed by atoms with Gasteiger partial charge >= 0.3 is 6.03 Å². The average Bonchev–Trinajstić information content (AvgIpc) is 2.43. The predicted octanol–water partition coefficient (Wildman–Crippen LogP) is 4.15. The molecule has 0 atom stereocenters. The van der Waals surface area contributed by atoms with Crippen molar-refractivity contribution >= 4 is 23.3 Å². The van der Waals surface area contributed by atoms with Crippen molar-refractivity contribution in [3.05, 3.63) is 64.4 Å². The SMILES string of the molecule is Cc1ccc(F)cc1NC(=O)NCCc1cccc(Cl)c1. The van der Waals surface area contributed by atoms with Crippen LogP contribution in [-0.4, -0.2) is 12.6 Å². The average molecular weight is 307 g/mol. The van der Waals surface area contributed by atoms with Crippen molar-refractivity contribution in [3.63, 3.8) is 0 Å². The summed E-state index contributed by atoms with van der Waals surface area (Å²) in [5, 5.41) is 6.04. The molecule has 0 bridgehead atoms. The summed E-state index contributed by atoms with van der Waals surface area (Å²) in [6.45, 7) is 2.28. The fraction of sp³-hybridized carbons (Fsp3) is 0.188. The lowest BCUT2D eigenvalue weighted by Crippen LogP contribution is -2.30. The first kappa shape index (κ1) is 15.3. The van der Waals surface area contributed by atoms with Gasteiger partial charge < -0.3 is 10.6 Å². The Bertz CT molecular complexity index is 646. The first-order valence-corrected chi connectivity index (χ1v) is 6.98. The Morgan fingerprint density at radius 1 is 1.24 bits per heavy atom. The summed E-state index contributed by atoms with van der Waals surface area (Å²) in [6.07, 6.45) is 0.677. The number of halogens is 2. The van der Waals surface area contributed by atoms with Gasteiger partial charge in [0.25, 0.3) is 0 Å². The minimum absolute atomic E-state index is 0.356. The van der Waals surface area contributed by atoms with Crippen LogP contribution in [0.2, 0.25) is 5.02 Å². The molecule has 2 N–H and O–H groups in total. The van der Waals surface area contributed by atoms with E-state index in [9.17, 15) is 9.18 Å². The summed E-state index contributed by atoms with van der Waals surface area (Å²) < 4.78 is 13.1. The zero-order valence-electron chi connectivity index (χ0n) is 11.6. The van der Waals surface area contributed by atoms with E-state index in [-0.39, 0.29) is 11.8 Å². The molecule has 2 rings (SSSR count). The van der Waals surface area contributed by atoms with Gasteiger partial charge in [-0.2, -0.15) is 0 Å². The molecule has 2 aromatic carbocycles. The first-order chi connectivity index (χ1) is 10.0. The maximum atomic E-state index is 13.1. The van der Waals surface area contributed by atoms with Crippen molar-refractivity contribution < 1.29 is 9.18 Å². The highest BCUT2D eigenvalue weighted by Gasteiger charge is 2.05. The van der Waals surface area contributed by atoms with E-state index in [4.69, 9.17) is 11.6 Å². The Labute approximate surface area is 128 Å². The number of urea groups is 1. The van der Waals surface area contributed by atoms with Crippen LogP contribution in [0.1, 0.15) is 11.1 Å². The number of amides is 2. The van der Waals surface area contributed by atoms with Gasteiger partial charge in [-0.3, -0.25) is 0 Å². The van der Waals surface area contributed by atoms with Gasteiger partial charge in [-0.1, -0.05) is 29.8 Å². The maximum absolute atomic E-state index is 13.1. The molecule has 0 aliphatic rings. The van der Waals surface area contributed by atoms with Gasteiger partial charge in [0.15, 0.2) is 0 Å². The molecule has 0 spiro atoms. The molecule has 110 valence electrons. The minimum Gasteiger partial charge on any atom is -0.338 e. The van der Waals surface area contributed by atoms with Crippen molar-refractivity contribution in [3.8, 4) is 0 Å². The van der Waals surface area contributed by atoms with Crippen LogP contribution in [0.4, 0.5) is 14.9 Å². The topological polar surface area (TPSA) is 41.1 Å². The smallest absolute Gasteiger partial charge is 0.319 e. The van der Waals surface area contributed by atoms with E-state index in [1.54, 1.807) is 19.1 Å². The van der Waals surface area contributed by atoms with Gasteiger partial charge in [0.2, 0.25) is 0 Å². The molecule has 0 fully saturated rings. The summed E-state index contributed by atoms with van der Waals surface area (Å²) in [5.74, 6) is -0.380. The van der Waals surface area contributed by atoms with E-state index in [1.807, 2.05) is 18.2 Å². The molecule has 5 heteroatoms. The number of rotatable bonds is 4. The van der Waals surface area contributed by atoms with Crippen LogP contribution in [0, 0.1) is 12.7 Å². The second-order valence-corrected chi connectivity index (χ2v) is 5.16. The third kappa shape index (κ3) is 4.76. The van der Waals surface area contributed by atoms with Crippen molar-refractivity contribution in [2.45, 2.75) is 13.3 Å². The lowest BCUT2D eigenvalue weighted by molar-refractivity contribution is 0.252. The highest BCUT2D eigenvalue weighted by Crippen LogP contribution is 2.15. The Balaban J connectivity index is 1.84. The molecular formula is C16H16ClFN2O. The lowest BCUT2D eigenvalue weighted by atomic mass is 10.1. The van der Waals surface area contributed by atoms with Crippen LogP contribution in [0.15, 0.2) is 42.5 Å². The Hall–Kier alpha value is -2.07. The molecule has 2 amide bonds. The zero-order valence-corrected chi connectivity index (χ0v) is 12.4. The molecule has 0 unspecified atom stereocenters. The molecule has 0 saturated carbocycles. The van der Waals surface area contributed by atoms with Crippen LogP contribution in [0.3, 0.4) is 0 Å². The molecule has 0 heterocycles. The highest BCUT2D eigenvalue weighted by molar-refractivity contribution is 6.30. The maximum Gasteiger partial charge on any atom is 0.319 e. The molecule has 0 aromatic heterocycles. The van der Waals surface area contributed by atoms with Crippen LogP contribution < -0.4 is 10.6 Å². The normalized spacial score (nSPS) is 10.2. The molecular weight excluding hydrogens is 291 g/mol. The van der Waals surface area contributed by atoms with Gasteiger partial charge in [0, 0.05) is 17.3 Å². The largest absolute Gasteiger partial charge is 0.338 e. The number of carbonyl (C=O) groups excluding carboxylic acids is 1. The summed E-state index contributed by atoms with van der Waals surface area (Å²) in [6, 6.07) is 11.4. The monoisotopic (exact) mass is 306 g/mol. The number of benzene rings is 2. The van der Waals surface area contributed by atoms with Crippen LogP contribution in [-0.2, 0) is 6.42 Å². The van der Waals surface area contributed by atoms with Crippen molar-refractivity contribution in [2.24, 2.45) is 0 Å². The summed E-state index contributed by atoms with van der Waals surface area (Å²) in [5.41, 5.74) is 2.32. The second kappa shape index (κ2) is 7.09. The van der Waals surface area contributed by atoms with E-state index < -0.39 is 0 Å². The van der Waals surface area contributed by atoms with Crippen LogP contribution in [0.25, 0.3) is 0 Å². The number of aryl methyl sites for hydroxylation is 1. The summed E-state index contributed by atoms with van der Waals surface area (Å²) >= 11 is 5.89. The second-order valence-electron chi connectivity index (χ2n) is 4.72. The van der Waals surface area contributed by atoms with Crippen LogP contribution >= 0.6 is 11.6 Å². The van der Waals surface area contributed by atoms with E-state index in [1.165, 1.54) is 12.1 Å². The quantitative estimate of drug-likeness (QED) is 0.875. The molecule has 3 nitrogen and oxygen atoms in total. The van der Waals surface area contributed by atoms with Gasteiger partial charge in [-0.15, -0.1) is 0 Å². The summed E-state index contributed by atoms with van der Waals surface area (Å²) in [4.78, 5) is 11.8. The highest BCUT2D eigenvalue weighted by atomic mass is 35.5. The van der Waals surface area contributed by atoms with Crippen LogP contribution in [0.5, 0.6) is 0 Å². The molecule has 0 aliphatic heterocycles. The lowest BCUT2D eigenvalue weighted by Gasteiger charge is -2.10. The fourth-order valence-electron chi connectivity index (χ4n) is 1.91. The molecule has 0 radical (unpaired) electrons. The molecule has 0 saturated heterocycles. The minimum atomic E-state index is -0.380. The van der Waals surface area contributed by atoms with Gasteiger partial charge in [0.05, 0.1) is 0 Å². The third-order valence-corrected chi connectivity index (χ3v) is 3.27. The van der Waals surface area contributed by atoms with Gasteiger partial charge in [-0.25, -0.2) is 9.18 Å². The Kier molecular flexibility index (Phi) is 5.17. The standard InChI is InChI=1S/C16H16ClFN2O/c1-11-5-6-14(18)10-15(11)20-16(21)19-8-7-12-3-2-4-13(17)9-12/h2-6,9-10H,7-8H2,1H3,(H2,19,20,21).